The number of hydrogen-bond donors (Lipinski definition) is 1. The van der Waals surface area contributed by atoms with Gasteiger partial charge in [0.2, 0.25) is 5.89 Å². The number of fused-ring (bicyclic) bond motifs is 1. The molecule has 0 unspecified atom stereocenters. The van der Waals surface area contributed by atoms with Gasteiger partial charge in [0.1, 0.15) is 11.5 Å². The van der Waals surface area contributed by atoms with E-state index in [2.05, 4.69) is 20.3 Å². The Bertz CT molecular complexity index is 1070. The monoisotopic (exact) mass is 359 g/mol. The number of amides is 1. The minimum atomic E-state index is -0.232. The lowest BCUT2D eigenvalue weighted by Gasteiger charge is -2.12. The van der Waals surface area contributed by atoms with Crippen LogP contribution in [0.1, 0.15) is 10.4 Å². The maximum atomic E-state index is 12.5. The molecule has 0 saturated carbocycles. The van der Waals surface area contributed by atoms with Gasteiger partial charge in [-0.1, -0.05) is 6.07 Å². The molecule has 4 rings (SSSR count). The largest absolute Gasteiger partial charge is 0.433 e. The second-order valence-corrected chi connectivity index (χ2v) is 6.15. The summed E-state index contributed by atoms with van der Waals surface area (Å²) in [5, 5.41) is 2.80. The highest BCUT2D eigenvalue weighted by molar-refractivity contribution is 6.04. The van der Waals surface area contributed by atoms with Crippen LogP contribution in [0.15, 0.2) is 65.2 Å². The molecule has 1 aromatic carbocycles. The summed E-state index contributed by atoms with van der Waals surface area (Å²) in [5.74, 6) is 0.545. The lowest BCUT2D eigenvalue weighted by Crippen LogP contribution is -2.14. The second kappa shape index (κ2) is 6.87. The van der Waals surface area contributed by atoms with E-state index in [4.69, 9.17) is 4.42 Å². The third-order valence-corrected chi connectivity index (χ3v) is 4.02. The number of benzene rings is 1. The summed E-state index contributed by atoms with van der Waals surface area (Å²) in [6.07, 6.45) is 1.65. The standard InChI is InChI=1S/C20H17N5O2/c1-25(2)14-10-8-13(9-11-14)19(26)23-17-7-3-5-15(22-17)20-24-18-16(27-20)6-4-12-21-18/h3-12H,1-2H3,(H,22,23,26). The zero-order chi connectivity index (χ0) is 18.8. The van der Waals surface area contributed by atoms with Crippen LogP contribution in [-0.2, 0) is 0 Å². The van der Waals surface area contributed by atoms with Gasteiger partial charge in [-0.15, -0.1) is 0 Å². The van der Waals surface area contributed by atoms with Gasteiger partial charge in [0.15, 0.2) is 11.2 Å². The van der Waals surface area contributed by atoms with Crippen molar-refractivity contribution in [2.45, 2.75) is 0 Å². The number of anilines is 2. The molecule has 0 bridgehead atoms. The molecule has 0 saturated heterocycles. The molecular formula is C20H17N5O2. The van der Waals surface area contributed by atoms with Crippen molar-refractivity contribution in [3.8, 4) is 11.6 Å². The number of nitrogens with zero attached hydrogens (tertiary/aromatic N) is 4. The third-order valence-electron chi connectivity index (χ3n) is 4.02. The molecule has 3 aromatic heterocycles. The molecule has 1 amide bonds. The van der Waals surface area contributed by atoms with E-state index >= 15 is 0 Å². The van der Waals surface area contributed by atoms with E-state index in [-0.39, 0.29) is 5.91 Å². The molecule has 0 atom stereocenters. The highest BCUT2D eigenvalue weighted by Gasteiger charge is 2.12. The van der Waals surface area contributed by atoms with Crippen molar-refractivity contribution >= 4 is 28.6 Å². The molecule has 0 radical (unpaired) electrons. The highest BCUT2D eigenvalue weighted by Crippen LogP contribution is 2.22. The molecule has 0 fully saturated rings. The van der Waals surface area contributed by atoms with Gasteiger partial charge in [0.05, 0.1) is 0 Å². The van der Waals surface area contributed by atoms with Crippen LogP contribution in [0.2, 0.25) is 0 Å². The summed E-state index contributed by atoms with van der Waals surface area (Å²) >= 11 is 0. The molecule has 0 spiro atoms. The molecule has 7 heteroatoms. The van der Waals surface area contributed by atoms with Crippen molar-refractivity contribution in [1.29, 1.82) is 0 Å². The maximum Gasteiger partial charge on any atom is 0.256 e. The fourth-order valence-corrected chi connectivity index (χ4v) is 2.60. The zero-order valence-corrected chi connectivity index (χ0v) is 14.9. The van der Waals surface area contributed by atoms with Crippen molar-refractivity contribution in [3.05, 3.63) is 66.4 Å². The third kappa shape index (κ3) is 3.48. The van der Waals surface area contributed by atoms with Crippen molar-refractivity contribution in [2.24, 2.45) is 0 Å². The molecule has 0 aliphatic heterocycles. The van der Waals surface area contributed by atoms with Crippen molar-refractivity contribution in [3.63, 3.8) is 0 Å². The van der Waals surface area contributed by atoms with E-state index < -0.39 is 0 Å². The average Bonchev–Trinajstić information content (AvgIpc) is 3.12. The first-order valence-electron chi connectivity index (χ1n) is 8.38. The number of oxazole rings is 1. The summed E-state index contributed by atoms with van der Waals surface area (Å²) in [7, 11) is 3.90. The Kier molecular flexibility index (Phi) is 4.25. The number of rotatable bonds is 4. The fraction of sp³-hybridized carbons (Fsp3) is 0.100. The van der Waals surface area contributed by atoms with Gasteiger partial charge in [-0.25, -0.2) is 9.97 Å². The summed E-state index contributed by atoms with van der Waals surface area (Å²) in [4.78, 5) is 27.4. The summed E-state index contributed by atoms with van der Waals surface area (Å²) in [6.45, 7) is 0. The number of carbonyl (C=O) groups excluding carboxylic acids is 1. The van der Waals surface area contributed by atoms with Crippen molar-refractivity contribution in [1.82, 2.24) is 15.0 Å². The first kappa shape index (κ1) is 16.7. The van der Waals surface area contributed by atoms with Gasteiger partial charge in [0, 0.05) is 31.5 Å². The highest BCUT2D eigenvalue weighted by atomic mass is 16.3. The van der Waals surface area contributed by atoms with E-state index in [1.165, 1.54) is 0 Å². The van der Waals surface area contributed by atoms with Gasteiger partial charge in [0.25, 0.3) is 5.91 Å². The number of pyridine rings is 2. The van der Waals surface area contributed by atoms with E-state index in [0.717, 1.165) is 5.69 Å². The van der Waals surface area contributed by atoms with Crippen molar-refractivity contribution in [2.75, 3.05) is 24.3 Å². The number of carbonyl (C=O) groups is 1. The van der Waals surface area contributed by atoms with E-state index in [1.54, 1.807) is 48.7 Å². The van der Waals surface area contributed by atoms with Crippen LogP contribution in [0, 0.1) is 0 Å². The number of aromatic nitrogens is 3. The Balaban J connectivity index is 1.56. The first-order chi connectivity index (χ1) is 13.1. The van der Waals surface area contributed by atoms with Gasteiger partial charge in [-0.3, -0.25) is 4.79 Å². The van der Waals surface area contributed by atoms with Crippen LogP contribution in [0.5, 0.6) is 0 Å². The molecule has 0 aliphatic rings. The predicted octanol–water partition coefficient (Wildman–Crippen LogP) is 3.60. The van der Waals surface area contributed by atoms with E-state index in [1.807, 2.05) is 31.1 Å². The van der Waals surface area contributed by atoms with Crippen LogP contribution >= 0.6 is 0 Å². The first-order valence-corrected chi connectivity index (χ1v) is 8.38. The Labute approximate surface area is 155 Å². The summed E-state index contributed by atoms with van der Waals surface area (Å²) in [6, 6.07) is 16.2. The maximum absolute atomic E-state index is 12.5. The van der Waals surface area contributed by atoms with Gasteiger partial charge >= 0.3 is 0 Å². The second-order valence-electron chi connectivity index (χ2n) is 6.15. The normalized spacial score (nSPS) is 10.7. The molecule has 7 nitrogen and oxygen atoms in total. The average molecular weight is 359 g/mol. The Hall–Kier alpha value is -3.74. The lowest BCUT2D eigenvalue weighted by molar-refractivity contribution is 0.102. The fourth-order valence-electron chi connectivity index (χ4n) is 2.60. The van der Waals surface area contributed by atoms with Crippen LogP contribution in [0.3, 0.4) is 0 Å². The van der Waals surface area contributed by atoms with Crippen LogP contribution in [-0.4, -0.2) is 35.0 Å². The molecule has 27 heavy (non-hydrogen) atoms. The van der Waals surface area contributed by atoms with Crippen molar-refractivity contribution < 1.29 is 9.21 Å². The minimum Gasteiger partial charge on any atom is -0.433 e. The quantitative estimate of drug-likeness (QED) is 0.599. The minimum absolute atomic E-state index is 0.232. The zero-order valence-electron chi connectivity index (χ0n) is 14.9. The van der Waals surface area contributed by atoms with Crippen LogP contribution in [0.25, 0.3) is 22.8 Å². The topological polar surface area (TPSA) is 84.2 Å². The lowest BCUT2D eigenvalue weighted by atomic mass is 10.2. The summed E-state index contributed by atoms with van der Waals surface area (Å²) < 4.78 is 5.68. The number of hydrogen-bond acceptors (Lipinski definition) is 6. The summed E-state index contributed by atoms with van der Waals surface area (Å²) in [5.41, 5.74) is 3.21. The van der Waals surface area contributed by atoms with Gasteiger partial charge in [-0.2, -0.15) is 4.98 Å². The van der Waals surface area contributed by atoms with Gasteiger partial charge in [-0.05, 0) is 48.5 Å². The Morgan fingerprint density at radius 2 is 1.81 bits per heavy atom. The number of nitrogens with one attached hydrogen (secondary N) is 1. The predicted molar refractivity (Wildman–Crippen MR) is 104 cm³/mol. The molecule has 1 N–H and O–H groups in total. The molecular weight excluding hydrogens is 342 g/mol. The smallest absolute Gasteiger partial charge is 0.256 e. The Morgan fingerprint density at radius 1 is 1.00 bits per heavy atom. The SMILES string of the molecule is CN(C)c1ccc(C(=O)Nc2cccc(-c3nc4ncccc4o3)n2)cc1. The van der Waals surface area contributed by atoms with Crippen LogP contribution < -0.4 is 10.2 Å². The molecule has 3 heterocycles. The van der Waals surface area contributed by atoms with E-state index in [9.17, 15) is 4.79 Å². The molecule has 4 aromatic rings. The van der Waals surface area contributed by atoms with Crippen LogP contribution in [0.4, 0.5) is 11.5 Å². The molecule has 0 aliphatic carbocycles. The van der Waals surface area contributed by atoms with E-state index in [0.29, 0.717) is 34.2 Å². The Morgan fingerprint density at radius 3 is 2.56 bits per heavy atom. The van der Waals surface area contributed by atoms with Gasteiger partial charge < -0.3 is 14.6 Å². The molecule has 134 valence electrons.